The zero-order chi connectivity index (χ0) is 15.4. The standard InChI is InChI=1S/C14H20N6O/c1-10-8-12(18-14(17-10)19(3)4)9-15-13(21)11(2)20-7-5-6-16-20/h5-8,11H,9H2,1-4H3,(H,15,21). The van der Waals surface area contributed by atoms with E-state index < -0.39 is 0 Å². The molecule has 21 heavy (non-hydrogen) atoms. The van der Waals surface area contributed by atoms with Crippen molar-refractivity contribution < 1.29 is 4.79 Å². The fraction of sp³-hybridized carbons (Fsp3) is 0.429. The van der Waals surface area contributed by atoms with E-state index in [-0.39, 0.29) is 11.9 Å². The molecule has 1 atom stereocenters. The molecule has 2 rings (SSSR count). The van der Waals surface area contributed by atoms with Gasteiger partial charge < -0.3 is 10.2 Å². The van der Waals surface area contributed by atoms with E-state index in [2.05, 4.69) is 20.4 Å². The maximum Gasteiger partial charge on any atom is 0.244 e. The monoisotopic (exact) mass is 288 g/mol. The van der Waals surface area contributed by atoms with Crippen LogP contribution in [0.15, 0.2) is 24.5 Å². The highest BCUT2D eigenvalue weighted by molar-refractivity contribution is 5.79. The van der Waals surface area contributed by atoms with Crippen LogP contribution < -0.4 is 10.2 Å². The molecule has 0 fully saturated rings. The summed E-state index contributed by atoms with van der Waals surface area (Å²) in [5, 5.41) is 6.94. The molecular weight excluding hydrogens is 268 g/mol. The number of carbonyl (C=O) groups is 1. The third-order valence-electron chi connectivity index (χ3n) is 3.04. The SMILES string of the molecule is Cc1cc(CNC(=O)C(C)n2cccn2)nc(N(C)C)n1. The normalized spacial score (nSPS) is 12.0. The zero-order valence-corrected chi connectivity index (χ0v) is 12.7. The molecule has 0 bridgehead atoms. The first-order valence-electron chi connectivity index (χ1n) is 6.76. The van der Waals surface area contributed by atoms with Gasteiger partial charge in [0.25, 0.3) is 0 Å². The molecule has 1 amide bonds. The molecule has 0 aliphatic rings. The molecule has 1 N–H and O–H groups in total. The maximum absolute atomic E-state index is 12.1. The van der Waals surface area contributed by atoms with Crippen molar-refractivity contribution in [2.24, 2.45) is 0 Å². The average Bonchev–Trinajstić information content (AvgIpc) is 2.97. The van der Waals surface area contributed by atoms with Crippen molar-refractivity contribution in [3.8, 4) is 0 Å². The van der Waals surface area contributed by atoms with E-state index in [4.69, 9.17) is 0 Å². The van der Waals surface area contributed by atoms with Crippen LogP contribution in [-0.4, -0.2) is 39.8 Å². The number of anilines is 1. The number of aromatic nitrogens is 4. The zero-order valence-electron chi connectivity index (χ0n) is 12.7. The maximum atomic E-state index is 12.1. The largest absolute Gasteiger partial charge is 0.349 e. The van der Waals surface area contributed by atoms with Crippen LogP contribution in [0, 0.1) is 6.92 Å². The Balaban J connectivity index is 2.01. The lowest BCUT2D eigenvalue weighted by Crippen LogP contribution is -2.31. The number of aryl methyl sites for hydroxylation is 1. The van der Waals surface area contributed by atoms with Crippen LogP contribution in [0.1, 0.15) is 24.4 Å². The summed E-state index contributed by atoms with van der Waals surface area (Å²) in [7, 11) is 3.77. The molecule has 1 unspecified atom stereocenters. The summed E-state index contributed by atoms with van der Waals surface area (Å²) in [4.78, 5) is 22.7. The second kappa shape index (κ2) is 6.34. The summed E-state index contributed by atoms with van der Waals surface area (Å²) in [6, 6.07) is 3.31. The number of hydrogen-bond donors (Lipinski definition) is 1. The van der Waals surface area contributed by atoms with Crippen LogP contribution in [0.5, 0.6) is 0 Å². The van der Waals surface area contributed by atoms with Gasteiger partial charge in [0.1, 0.15) is 6.04 Å². The summed E-state index contributed by atoms with van der Waals surface area (Å²) >= 11 is 0. The van der Waals surface area contributed by atoms with Crippen molar-refractivity contribution in [3.05, 3.63) is 35.9 Å². The molecule has 2 heterocycles. The molecule has 7 nitrogen and oxygen atoms in total. The first-order chi connectivity index (χ1) is 9.97. The van der Waals surface area contributed by atoms with Crippen LogP contribution >= 0.6 is 0 Å². The molecule has 112 valence electrons. The number of nitrogens with zero attached hydrogens (tertiary/aromatic N) is 5. The summed E-state index contributed by atoms with van der Waals surface area (Å²) in [6.07, 6.45) is 3.42. The van der Waals surface area contributed by atoms with Gasteiger partial charge in [-0.25, -0.2) is 9.97 Å². The summed E-state index contributed by atoms with van der Waals surface area (Å²) in [6.45, 7) is 4.08. The Kier molecular flexibility index (Phi) is 4.52. The van der Waals surface area contributed by atoms with E-state index in [1.165, 1.54) is 0 Å². The highest BCUT2D eigenvalue weighted by atomic mass is 16.2. The molecule has 0 saturated carbocycles. The van der Waals surface area contributed by atoms with Crippen LogP contribution in [-0.2, 0) is 11.3 Å². The van der Waals surface area contributed by atoms with Crippen LogP contribution in [0.2, 0.25) is 0 Å². The molecule has 7 heteroatoms. The highest BCUT2D eigenvalue weighted by Crippen LogP contribution is 2.08. The summed E-state index contributed by atoms with van der Waals surface area (Å²) < 4.78 is 1.62. The van der Waals surface area contributed by atoms with Gasteiger partial charge in [0.2, 0.25) is 11.9 Å². The molecular formula is C14H20N6O. The Morgan fingerprint density at radius 1 is 1.43 bits per heavy atom. The van der Waals surface area contributed by atoms with E-state index in [9.17, 15) is 4.79 Å². The van der Waals surface area contributed by atoms with Crippen LogP contribution in [0.3, 0.4) is 0 Å². The van der Waals surface area contributed by atoms with Crippen molar-refractivity contribution in [2.75, 3.05) is 19.0 Å². The van der Waals surface area contributed by atoms with Crippen LogP contribution in [0.4, 0.5) is 5.95 Å². The molecule has 2 aromatic rings. The predicted molar refractivity (Wildman–Crippen MR) is 79.9 cm³/mol. The number of carbonyl (C=O) groups excluding carboxylic acids is 1. The van der Waals surface area contributed by atoms with Crippen LogP contribution in [0.25, 0.3) is 0 Å². The minimum atomic E-state index is -0.351. The molecule has 0 saturated heterocycles. The van der Waals surface area contributed by atoms with E-state index in [0.29, 0.717) is 12.5 Å². The fourth-order valence-corrected chi connectivity index (χ4v) is 1.86. The molecule has 0 aliphatic heterocycles. The van der Waals surface area contributed by atoms with Crippen molar-refractivity contribution in [1.29, 1.82) is 0 Å². The predicted octanol–water partition coefficient (Wildman–Crippen LogP) is 0.925. The lowest BCUT2D eigenvalue weighted by molar-refractivity contribution is -0.124. The molecule has 0 aliphatic carbocycles. The first-order valence-corrected chi connectivity index (χ1v) is 6.76. The van der Waals surface area contributed by atoms with E-state index in [1.54, 1.807) is 30.1 Å². The lowest BCUT2D eigenvalue weighted by atomic mass is 10.3. The van der Waals surface area contributed by atoms with Gasteiger partial charge >= 0.3 is 0 Å². The minimum Gasteiger partial charge on any atom is -0.349 e. The van der Waals surface area contributed by atoms with Crippen molar-refractivity contribution in [2.45, 2.75) is 26.4 Å². The Morgan fingerprint density at radius 3 is 2.81 bits per heavy atom. The van der Waals surface area contributed by atoms with E-state index >= 15 is 0 Å². The quantitative estimate of drug-likeness (QED) is 0.885. The second-order valence-corrected chi connectivity index (χ2v) is 5.07. The Bertz CT molecular complexity index is 608. The number of nitrogens with one attached hydrogen (secondary N) is 1. The second-order valence-electron chi connectivity index (χ2n) is 5.07. The average molecular weight is 288 g/mol. The molecule has 2 aromatic heterocycles. The van der Waals surface area contributed by atoms with E-state index in [0.717, 1.165) is 11.4 Å². The van der Waals surface area contributed by atoms with Crippen molar-refractivity contribution in [1.82, 2.24) is 25.1 Å². The van der Waals surface area contributed by atoms with Gasteiger partial charge in [-0.2, -0.15) is 5.10 Å². The smallest absolute Gasteiger partial charge is 0.244 e. The van der Waals surface area contributed by atoms with Gasteiger partial charge in [-0.1, -0.05) is 0 Å². The Labute approximate surface area is 124 Å². The van der Waals surface area contributed by atoms with Crippen molar-refractivity contribution >= 4 is 11.9 Å². The Morgan fingerprint density at radius 2 is 2.19 bits per heavy atom. The lowest BCUT2D eigenvalue weighted by Gasteiger charge is -2.14. The third kappa shape index (κ3) is 3.77. The number of amides is 1. The topological polar surface area (TPSA) is 75.9 Å². The Hall–Kier alpha value is -2.44. The van der Waals surface area contributed by atoms with Crippen molar-refractivity contribution in [3.63, 3.8) is 0 Å². The minimum absolute atomic E-state index is 0.0960. The van der Waals surface area contributed by atoms with Gasteiger partial charge in [0, 0.05) is 32.2 Å². The highest BCUT2D eigenvalue weighted by Gasteiger charge is 2.15. The molecule has 0 spiro atoms. The molecule has 0 aromatic carbocycles. The van der Waals surface area contributed by atoms with Gasteiger partial charge in [-0.3, -0.25) is 9.48 Å². The number of hydrogen-bond acceptors (Lipinski definition) is 5. The molecule has 0 radical (unpaired) electrons. The summed E-state index contributed by atoms with van der Waals surface area (Å²) in [5.41, 5.74) is 1.66. The van der Waals surface area contributed by atoms with E-state index in [1.807, 2.05) is 32.0 Å². The summed E-state index contributed by atoms with van der Waals surface area (Å²) in [5.74, 6) is 0.542. The van der Waals surface area contributed by atoms with Gasteiger partial charge in [-0.05, 0) is 26.0 Å². The number of rotatable bonds is 5. The first kappa shape index (κ1) is 15.0. The third-order valence-corrected chi connectivity index (χ3v) is 3.04. The van der Waals surface area contributed by atoms with Gasteiger partial charge in [0.15, 0.2) is 0 Å². The fourth-order valence-electron chi connectivity index (χ4n) is 1.86. The van der Waals surface area contributed by atoms with Gasteiger partial charge in [-0.15, -0.1) is 0 Å². The van der Waals surface area contributed by atoms with Gasteiger partial charge in [0.05, 0.1) is 12.2 Å².